The lowest BCUT2D eigenvalue weighted by atomic mass is 9.95. The lowest BCUT2D eigenvalue weighted by Crippen LogP contribution is -2.45. The fourth-order valence-corrected chi connectivity index (χ4v) is 1.72. The van der Waals surface area contributed by atoms with Gasteiger partial charge < -0.3 is 5.32 Å². The monoisotopic (exact) mass is 213 g/mol. The second kappa shape index (κ2) is 4.77. The maximum absolute atomic E-state index is 13.2. The Morgan fingerprint density at radius 3 is 2.40 bits per heavy atom. The molecule has 0 aliphatic heterocycles. The van der Waals surface area contributed by atoms with Crippen molar-refractivity contribution in [3.05, 3.63) is 11.4 Å². The van der Waals surface area contributed by atoms with Crippen molar-refractivity contribution < 1.29 is 9.18 Å². The summed E-state index contributed by atoms with van der Waals surface area (Å²) in [4.78, 5) is 11.8. The molecular weight excluding hydrogens is 193 g/mol. The van der Waals surface area contributed by atoms with Gasteiger partial charge in [-0.2, -0.15) is 0 Å². The normalized spacial score (nSPS) is 17.1. The van der Waals surface area contributed by atoms with E-state index in [4.69, 9.17) is 0 Å². The summed E-state index contributed by atoms with van der Waals surface area (Å²) in [6.07, 6.45) is 3.51. The molecule has 0 aromatic rings. The molecule has 2 nitrogen and oxygen atoms in total. The van der Waals surface area contributed by atoms with Crippen LogP contribution in [0.5, 0.6) is 0 Å². The third kappa shape index (κ3) is 2.80. The Hall–Kier alpha value is -0.860. The van der Waals surface area contributed by atoms with Crippen LogP contribution in [0.1, 0.15) is 52.9 Å². The zero-order valence-corrected chi connectivity index (χ0v) is 9.82. The standard InChI is InChI=1S/C12H20FNO/c1-4-12(3,5-2)14-11(15)9-7-6-8-10(9)13/h4-8H2,1-3H3,(H,14,15). The first-order chi connectivity index (χ1) is 7.02. The van der Waals surface area contributed by atoms with Crippen molar-refractivity contribution in [3.8, 4) is 0 Å². The summed E-state index contributed by atoms with van der Waals surface area (Å²) < 4.78 is 13.2. The minimum atomic E-state index is -0.220. The molecule has 0 atom stereocenters. The second-order valence-electron chi connectivity index (χ2n) is 4.46. The predicted molar refractivity (Wildman–Crippen MR) is 59.1 cm³/mol. The fourth-order valence-electron chi connectivity index (χ4n) is 1.72. The first kappa shape index (κ1) is 12.2. The maximum atomic E-state index is 13.2. The van der Waals surface area contributed by atoms with Crippen LogP contribution in [0.25, 0.3) is 0 Å². The summed E-state index contributed by atoms with van der Waals surface area (Å²) in [5.74, 6) is -0.432. The summed E-state index contributed by atoms with van der Waals surface area (Å²) in [5.41, 5.74) is 0.163. The molecule has 15 heavy (non-hydrogen) atoms. The average molecular weight is 213 g/mol. The van der Waals surface area contributed by atoms with E-state index in [1.54, 1.807) is 0 Å². The van der Waals surface area contributed by atoms with E-state index in [1.165, 1.54) is 0 Å². The minimum absolute atomic E-state index is 0.201. The van der Waals surface area contributed by atoms with Crippen LogP contribution in [-0.4, -0.2) is 11.4 Å². The summed E-state index contributed by atoms with van der Waals surface area (Å²) in [6.45, 7) is 6.06. The Morgan fingerprint density at radius 2 is 2.00 bits per heavy atom. The lowest BCUT2D eigenvalue weighted by Gasteiger charge is -2.28. The highest BCUT2D eigenvalue weighted by Crippen LogP contribution is 2.27. The van der Waals surface area contributed by atoms with Crippen LogP contribution in [0.4, 0.5) is 4.39 Å². The molecule has 0 bridgehead atoms. The van der Waals surface area contributed by atoms with Gasteiger partial charge in [0.25, 0.3) is 0 Å². The van der Waals surface area contributed by atoms with E-state index in [0.29, 0.717) is 18.4 Å². The molecule has 0 heterocycles. The van der Waals surface area contributed by atoms with Crippen LogP contribution in [0.15, 0.2) is 11.4 Å². The third-order valence-electron chi connectivity index (χ3n) is 3.40. The summed E-state index contributed by atoms with van der Waals surface area (Å²) >= 11 is 0. The van der Waals surface area contributed by atoms with E-state index in [-0.39, 0.29) is 17.3 Å². The summed E-state index contributed by atoms with van der Waals surface area (Å²) in [6, 6.07) is 0. The van der Waals surface area contributed by atoms with Gasteiger partial charge in [0.15, 0.2) is 0 Å². The van der Waals surface area contributed by atoms with Crippen molar-refractivity contribution in [1.82, 2.24) is 5.32 Å². The summed E-state index contributed by atoms with van der Waals surface area (Å²) in [7, 11) is 0. The maximum Gasteiger partial charge on any atom is 0.250 e. The van der Waals surface area contributed by atoms with Crippen LogP contribution in [0.3, 0.4) is 0 Å². The molecule has 0 fully saturated rings. The van der Waals surface area contributed by atoms with Gasteiger partial charge >= 0.3 is 0 Å². The van der Waals surface area contributed by atoms with Gasteiger partial charge in [0.1, 0.15) is 5.83 Å². The number of carbonyl (C=O) groups is 1. The first-order valence-corrected chi connectivity index (χ1v) is 5.72. The average Bonchev–Trinajstić information content (AvgIpc) is 2.64. The largest absolute Gasteiger partial charge is 0.347 e. The van der Waals surface area contributed by atoms with Gasteiger partial charge in [-0.3, -0.25) is 4.79 Å². The third-order valence-corrected chi connectivity index (χ3v) is 3.40. The SMILES string of the molecule is CCC(C)(CC)NC(=O)C1=C(F)CCC1. The smallest absolute Gasteiger partial charge is 0.250 e. The van der Waals surface area contributed by atoms with Gasteiger partial charge in [0, 0.05) is 11.1 Å². The first-order valence-electron chi connectivity index (χ1n) is 5.72. The Morgan fingerprint density at radius 1 is 1.40 bits per heavy atom. The quantitative estimate of drug-likeness (QED) is 0.764. The number of carbonyl (C=O) groups excluding carboxylic acids is 1. The lowest BCUT2D eigenvalue weighted by molar-refractivity contribution is -0.119. The number of hydrogen-bond donors (Lipinski definition) is 1. The Kier molecular flexibility index (Phi) is 3.89. The highest BCUT2D eigenvalue weighted by molar-refractivity contribution is 5.94. The van der Waals surface area contributed by atoms with Gasteiger partial charge in [-0.1, -0.05) is 13.8 Å². The van der Waals surface area contributed by atoms with E-state index in [0.717, 1.165) is 19.3 Å². The molecule has 0 unspecified atom stereocenters. The van der Waals surface area contributed by atoms with E-state index in [1.807, 2.05) is 20.8 Å². The van der Waals surface area contributed by atoms with Crippen LogP contribution in [-0.2, 0) is 4.79 Å². The molecular formula is C12H20FNO. The van der Waals surface area contributed by atoms with Crippen molar-refractivity contribution in [2.45, 2.75) is 58.4 Å². The van der Waals surface area contributed by atoms with Gasteiger partial charge in [-0.05, 0) is 39.0 Å². The van der Waals surface area contributed by atoms with Crippen molar-refractivity contribution >= 4 is 5.91 Å². The number of halogens is 1. The van der Waals surface area contributed by atoms with E-state index < -0.39 is 0 Å². The molecule has 0 saturated carbocycles. The number of amides is 1. The predicted octanol–water partition coefficient (Wildman–Crippen LogP) is 3.09. The molecule has 0 saturated heterocycles. The summed E-state index contributed by atoms with van der Waals surface area (Å²) in [5, 5.41) is 2.93. The van der Waals surface area contributed by atoms with Crippen LogP contribution in [0.2, 0.25) is 0 Å². The molecule has 0 radical (unpaired) electrons. The number of hydrogen-bond acceptors (Lipinski definition) is 1. The minimum Gasteiger partial charge on any atom is -0.347 e. The van der Waals surface area contributed by atoms with Gasteiger partial charge in [0.05, 0.1) is 0 Å². The molecule has 1 rings (SSSR count). The van der Waals surface area contributed by atoms with Crippen molar-refractivity contribution in [2.75, 3.05) is 0 Å². The van der Waals surface area contributed by atoms with Gasteiger partial charge in [0.2, 0.25) is 5.91 Å². The zero-order valence-electron chi connectivity index (χ0n) is 9.82. The molecule has 0 spiro atoms. The van der Waals surface area contributed by atoms with Gasteiger partial charge in [-0.25, -0.2) is 4.39 Å². The topological polar surface area (TPSA) is 29.1 Å². The Balaban J connectivity index is 2.67. The van der Waals surface area contributed by atoms with Crippen molar-refractivity contribution in [2.24, 2.45) is 0 Å². The molecule has 0 aromatic carbocycles. The van der Waals surface area contributed by atoms with E-state index in [2.05, 4.69) is 5.32 Å². The molecule has 3 heteroatoms. The number of allylic oxidation sites excluding steroid dienone is 1. The van der Waals surface area contributed by atoms with Crippen molar-refractivity contribution in [3.63, 3.8) is 0 Å². The highest BCUT2D eigenvalue weighted by atomic mass is 19.1. The molecule has 1 aliphatic rings. The molecule has 1 N–H and O–H groups in total. The second-order valence-corrected chi connectivity index (χ2v) is 4.46. The van der Waals surface area contributed by atoms with E-state index >= 15 is 0 Å². The van der Waals surface area contributed by atoms with Crippen molar-refractivity contribution in [1.29, 1.82) is 0 Å². The van der Waals surface area contributed by atoms with Crippen LogP contribution in [0, 0.1) is 0 Å². The Labute approximate surface area is 90.9 Å². The zero-order chi connectivity index (χ0) is 11.5. The van der Waals surface area contributed by atoms with Crippen LogP contribution >= 0.6 is 0 Å². The molecule has 1 amide bonds. The van der Waals surface area contributed by atoms with Crippen LogP contribution < -0.4 is 5.32 Å². The Bertz CT molecular complexity index is 279. The van der Waals surface area contributed by atoms with E-state index in [9.17, 15) is 9.18 Å². The number of nitrogens with one attached hydrogen (secondary N) is 1. The fraction of sp³-hybridized carbons (Fsp3) is 0.750. The van der Waals surface area contributed by atoms with Gasteiger partial charge in [-0.15, -0.1) is 0 Å². The molecule has 86 valence electrons. The molecule has 1 aliphatic carbocycles. The molecule has 0 aromatic heterocycles. The number of rotatable bonds is 4. The highest BCUT2D eigenvalue weighted by Gasteiger charge is 2.27.